The summed E-state index contributed by atoms with van der Waals surface area (Å²) in [6, 6.07) is 7.04. The number of phenolic OH excluding ortho intramolecular Hbond substituents is 2. The Morgan fingerprint density at radius 2 is 1.22 bits per heavy atom. The van der Waals surface area contributed by atoms with Crippen LogP contribution in [-0.2, 0) is 18.3 Å². The van der Waals surface area contributed by atoms with E-state index in [0.29, 0.717) is 12.6 Å². The highest BCUT2D eigenvalue weighted by molar-refractivity contribution is 5.84. The first-order valence-corrected chi connectivity index (χ1v) is 7.73. The Balaban J connectivity index is 2.03. The van der Waals surface area contributed by atoms with Gasteiger partial charge in [-0.1, -0.05) is 12.1 Å². The van der Waals surface area contributed by atoms with Gasteiger partial charge >= 0.3 is 0 Å². The molecule has 4 nitrogen and oxygen atoms in total. The van der Waals surface area contributed by atoms with Gasteiger partial charge in [0.05, 0.1) is 11.1 Å². The van der Waals surface area contributed by atoms with Crippen LogP contribution in [0.1, 0.15) is 55.8 Å². The molecule has 1 spiro atoms. The predicted octanol–water partition coefficient (Wildman–Crippen LogP) is 2.90. The van der Waals surface area contributed by atoms with Crippen molar-refractivity contribution >= 4 is 12.6 Å². The van der Waals surface area contributed by atoms with E-state index in [9.17, 15) is 19.8 Å². The Kier molecular flexibility index (Phi) is 2.85. The van der Waals surface area contributed by atoms with Crippen molar-refractivity contribution in [3.8, 4) is 11.5 Å². The first-order valence-electron chi connectivity index (χ1n) is 7.73. The maximum Gasteiger partial charge on any atom is 0.153 e. The average molecular weight is 308 g/mol. The van der Waals surface area contributed by atoms with Crippen LogP contribution in [0.15, 0.2) is 24.3 Å². The third-order valence-corrected chi connectivity index (χ3v) is 5.44. The summed E-state index contributed by atoms with van der Waals surface area (Å²) in [5.74, 6) is 0.0255. The minimum Gasteiger partial charge on any atom is -0.507 e. The molecule has 0 amide bonds. The van der Waals surface area contributed by atoms with Crippen molar-refractivity contribution in [1.29, 1.82) is 0 Å². The first kappa shape index (κ1) is 14.0. The first-order chi connectivity index (χ1) is 11.1. The van der Waals surface area contributed by atoms with Crippen LogP contribution in [0.5, 0.6) is 11.5 Å². The number of aldehydes is 2. The number of hydrogen-bond donors (Lipinski definition) is 2. The van der Waals surface area contributed by atoms with Crippen molar-refractivity contribution in [3.05, 3.63) is 57.6 Å². The molecule has 2 aliphatic rings. The monoisotopic (exact) mass is 308 g/mol. The van der Waals surface area contributed by atoms with Crippen LogP contribution in [0.2, 0.25) is 0 Å². The summed E-state index contributed by atoms with van der Waals surface area (Å²) in [4.78, 5) is 22.4. The fourth-order valence-electron chi connectivity index (χ4n) is 4.42. The molecule has 2 aromatic rings. The number of benzene rings is 2. The Morgan fingerprint density at radius 1 is 0.783 bits per heavy atom. The van der Waals surface area contributed by atoms with Crippen molar-refractivity contribution in [2.75, 3.05) is 0 Å². The van der Waals surface area contributed by atoms with Crippen molar-refractivity contribution in [3.63, 3.8) is 0 Å². The molecule has 0 fully saturated rings. The summed E-state index contributed by atoms with van der Waals surface area (Å²) in [5, 5.41) is 21.2. The van der Waals surface area contributed by atoms with Gasteiger partial charge in [0.25, 0.3) is 0 Å². The van der Waals surface area contributed by atoms with E-state index in [1.54, 1.807) is 12.1 Å². The molecule has 0 atom stereocenters. The normalized spacial score (nSPS) is 17.0. The lowest BCUT2D eigenvalue weighted by Gasteiger charge is -2.28. The molecule has 0 aromatic heterocycles. The molecule has 4 heteroatoms. The number of fused-ring (bicyclic) bond motifs is 4. The highest BCUT2D eigenvalue weighted by atomic mass is 16.3. The van der Waals surface area contributed by atoms with Crippen molar-refractivity contribution in [2.24, 2.45) is 0 Å². The Morgan fingerprint density at radius 3 is 1.61 bits per heavy atom. The molecule has 23 heavy (non-hydrogen) atoms. The van der Waals surface area contributed by atoms with Gasteiger partial charge in [-0.25, -0.2) is 0 Å². The van der Waals surface area contributed by atoms with E-state index in [1.165, 1.54) is 0 Å². The number of rotatable bonds is 2. The van der Waals surface area contributed by atoms with E-state index in [2.05, 4.69) is 0 Å². The fourth-order valence-corrected chi connectivity index (χ4v) is 4.42. The molecule has 2 aromatic carbocycles. The van der Waals surface area contributed by atoms with Gasteiger partial charge in [0.2, 0.25) is 0 Å². The van der Waals surface area contributed by atoms with Gasteiger partial charge in [-0.2, -0.15) is 0 Å². The van der Waals surface area contributed by atoms with Crippen LogP contribution in [-0.4, -0.2) is 22.8 Å². The largest absolute Gasteiger partial charge is 0.507 e. The highest BCUT2D eigenvalue weighted by Gasteiger charge is 2.48. The number of hydrogen-bond acceptors (Lipinski definition) is 4. The van der Waals surface area contributed by atoms with Crippen LogP contribution in [0.3, 0.4) is 0 Å². The summed E-state index contributed by atoms with van der Waals surface area (Å²) in [6.07, 6.45) is 4.40. The summed E-state index contributed by atoms with van der Waals surface area (Å²) in [5.41, 5.74) is 3.55. The maximum atomic E-state index is 11.2. The Hall–Kier alpha value is -2.62. The van der Waals surface area contributed by atoms with Crippen molar-refractivity contribution in [1.82, 2.24) is 0 Å². The van der Waals surface area contributed by atoms with Crippen LogP contribution >= 0.6 is 0 Å². The van der Waals surface area contributed by atoms with Crippen molar-refractivity contribution < 1.29 is 19.8 Å². The third-order valence-electron chi connectivity index (χ3n) is 5.44. The number of carbonyl (C=O) groups is 2. The molecule has 0 radical (unpaired) electrons. The Bertz CT molecular complexity index is 779. The van der Waals surface area contributed by atoms with Crippen LogP contribution < -0.4 is 0 Å². The molecule has 0 saturated carbocycles. The molecule has 2 aliphatic carbocycles. The maximum absolute atomic E-state index is 11.2. The van der Waals surface area contributed by atoms with Gasteiger partial charge in [0.1, 0.15) is 11.5 Å². The minimum atomic E-state index is -0.503. The zero-order valence-corrected chi connectivity index (χ0v) is 12.5. The second-order valence-electron chi connectivity index (χ2n) is 6.39. The molecular formula is C19H16O4. The van der Waals surface area contributed by atoms with Crippen molar-refractivity contribution in [2.45, 2.75) is 31.1 Å². The van der Waals surface area contributed by atoms with Crippen LogP contribution in [0.4, 0.5) is 0 Å². The summed E-state index contributed by atoms with van der Waals surface area (Å²) < 4.78 is 0. The average Bonchev–Trinajstić information content (AvgIpc) is 3.12. The molecule has 0 unspecified atom stereocenters. The fraction of sp³-hybridized carbons (Fsp3) is 0.263. The number of carbonyl (C=O) groups excluding carboxylic acids is 2. The zero-order valence-electron chi connectivity index (χ0n) is 12.5. The molecule has 0 bridgehead atoms. The lowest BCUT2D eigenvalue weighted by atomic mass is 9.75. The van der Waals surface area contributed by atoms with Gasteiger partial charge in [0, 0.05) is 16.5 Å². The number of phenols is 2. The molecule has 116 valence electrons. The topological polar surface area (TPSA) is 74.6 Å². The predicted molar refractivity (Wildman–Crippen MR) is 84.4 cm³/mol. The SMILES string of the molecule is O=Cc1ccc2c(c1O)C1(CC2)CCc2ccc(C=O)c(O)c21. The van der Waals surface area contributed by atoms with E-state index in [0.717, 1.165) is 47.9 Å². The Labute approximate surface area is 133 Å². The van der Waals surface area contributed by atoms with Crippen LogP contribution in [0, 0.1) is 0 Å². The minimum absolute atomic E-state index is 0.0127. The summed E-state index contributed by atoms with van der Waals surface area (Å²) in [6.45, 7) is 0. The lowest BCUT2D eigenvalue weighted by molar-refractivity contribution is 0.111. The zero-order chi connectivity index (χ0) is 16.2. The molecule has 2 N–H and O–H groups in total. The van der Waals surface area contributed by atoms with E-state index >= 15 is 0 Å². The van der Waals surface area contributed by atoms with Gasteiger partial charge in [-0.15, -0.1) is 0 Å². The molecule has 0 saturated heterocycles. The quantitative estimate of drug-likeness (QED) is 0.837. The van der Waals surface area contributed by atoms with Gasteiger partial charge in [-0.3, -0.25) is 9.59 Å². The van der Waals surface area contributed by atoms with Gasteiger partial charge in [0.15, 0.2) is 12.6 Å². The highest BCUT2D eigenvalue weighted by Crippen LogP contribution is 2.57. The lowest BCUT2D eigenvalue weighted by Crippen LogP contribution is -2.22. The van der Waals surface area contributed by atoms with E-state index in [4.69, 9.17) is 0 Å². The molecular weight excluding hydrogens is 292 g/mol. The smallest absolute Gasteiger partial charge is 0.153 e. The molecule has 4 rings (SSSR count). The van der Waals surface area contributed by atoms with Gasteiger partial charge in [-0.05, 0) is 48.9 Å². The summed E-state index contributed by atoms with van der Waals surface area (Å²) in [7, 11) is 0. The van der Waals surface area contributed by atoms with Gasteiger partial charge < -0.3 is 10.2 Å². The summed E-state index contributed by atoms with van der Waals surface area (Å²) >= 11 is 0. The number of aryl methyl sites for hydroxylation is 2. The van der Waals surface area contributed by atoms with E-state index in [-0.39, 0.29) is 22.6 Å². The molecule has 0 heterocycles. The second kappa shape index (κ2) is 4.69. The standard InChI is InChI=1S/C19H16O4/c20-9-13-3-1-11-5-7-19(15(11)17(13)22)8-6-12-2-4-14(10-21)18(23)16(12)19/h1-4,9-10,22-23H,5-8H2. The number of aromatic hydroxyl groups is 2. The van der Waals surface area contributed by atoms with E-state index in [1.807, 2.05) is 12.1 Å². The molecule has 0 aliphatic heterocycles. The van der Waals surface area contributed by atoms with E-state index < -0.39 is 5.41 Å². The second-order valence-corrected chi connectivity index (χ2v) is 6.39. The van der Waals surface area contributed by atoms with Crippen LogP contribution in [0.25, 0.3) is 0 Å². The third kappa shape index (κ3) is 1.66.